The Hall–Kier alpha value is -0.960. The van der Waals surface area contributed by atoms with E-state index < -0.39 is 16.0 Å². The van der Waals surface area contributed by atoms with Crippen LogP contribution in [-0.4, -0.2) is 50.6 Å². The number of piperidine rings is 1. The summed E-state index contributed by atoms with van der Waals surface area (Å²) in [6.07, 6.45) is 1.44. The summed E-state index contributed by atoms with van der Waals surface area (Å²) >= 11 is 1.04. The highest BCUT2D eigenvalue weighted by Gasteiger charge is 2.30. The molecule has 1 aliphatic heterocycles. The van der Waals surface area contributed by atoms with Gasteiger partial charge in [0.2, 0.25) is 0 Å². The van der Waals surface area contributed by atoms with E-state index in [9.17, 15) is 13.2 Å². The van der Waals surface area contributed by atoms with E-state index in [2.05, 4.69) is 0 Å². The lowest BCUT2D eigenvalue weighted by Crippen LogP contribution is -2.39. The van der Waals surface area contributed by atoms with E-state index in [1.165, 1.54) is 10.4 Å². The van der Waals surface area contributed by atoms with Crippen LogP contribution in [0.3, 0.4) is 0 Å². The molecule has 0 atom stereocenters. The zero-order valence-electron chi connectivity index (χ0n) is 11.8. The van der Waals surface area contributed by atoms with Crippen molar-refractivity contribution in [3.63, 3.8) is 0 Å². The van der Waals surface area contributed by atoms with Gasteiger partial charge in [0.1, 0.15) is 4.21 Å². The highest BCUT2D eigenvalue weighted by Crippen LogP contribution is 2.28. The molecule has 118 valence electrons. The number of hydrogen-bond donors (Lipinski definition) is 1. The summed E-state index contributed by atoms with van der Waals surface area (Å²) in [5.74, 6) is -0.548. The monoisotopic (exact) mass is 333 g/mol. The minimum atomic E-state index is -3.50. The first kappa shape index (κ1) is 16.4. The van der Waals surface area contributed by atoms with Gasteiger partial charge in [-0.05, 0) is 30.9 Å². The molecule has 0 spiro atoms. The first-order chi connectivity index (χ1) is 9.93. The molecule has 0 aliphatic carbocycles. The molecule has 0 radical (unpaired) electrons. The van der Waals surface area contributed by atoms with Gasteiger partial charge in [0.05, 0.1) is 6.42 Å². The summed E-state index contributed by atoms with van der Waals surface area (Å²) in [5, 5.41) is 8.74. The molecule has 1 N–H and O–H groups in total. The van der Waals surface area contributed by atoms with Crippen molar-refractivity contribution >= 4 is 27.3 Å². The van der Waals surface area contributed by atoms with Crippen LogP contribution in [0.25, 0.3) is 0 Å². The van der Waals surface area contributed by atoms with Gasteiger partial charge in [0, 0.05) is 31.7 Å². The number of rotatable bonds is 6. The Labute approximate surface area is 128 Å². The smallest absolute Gasteiger partial charge is 0.308 e. The van der Waals surface area contributed by atoms with Crippen molar-refractivity contribution in [2.24, 2.45) is 5.92 Å². The fraction of sp³-hybridized carbons (Fsp3) is 0.615. The maximum absolute atomic E-state index is 12.5. The maximum atomic E-state index is 12.5. The quantitative estimate of drug-likeness (QED) is 0.851. The highest BCUT2D eigenvalue weighted by atomic mass is 32.2. The molecular weight excluding hydrogens is 314 g/mol. The molecule has 0 bridgehead atoms. The van der Waals surface area contributed by atoms with Crippen LogP contribution in [0.1, 0.15) is 17.7 Å². The standard InChI is InChI=1S/C13H19NO5S2/c1-19-9-10-4-6-14(7-5-10)21(17,18)13-3-2-11(20-13)8-12(15)16/h2-3,10H,4-9H2,1H3,(H,15,16). The van der Waals surface area contributed by atoms with Gasteiger partial charge < -0.3 is 9.84 Å². The van der Waals surface area contributed by atoms with E-state index in [-0.39, 0.29) is 10.6 Å². The lowest BCUT2D eigenvalue weighted by atomic mass is 9.99. The molecular formula is C13H19NO5S2. The van der Waals surface area contributed by atoms with Crippen LogP contribution in [0.4, 0.5) is 0 Å². The number of sulfonamides is 1. The lowest BCUT2D eigenvalue weighted by Gasteiger charge is -2.30. The van der Waals surface area contributed by atoms with E-state index in [1.54, 1.807) is 13.2 Å². The third kappa shape index (κ3) is 4.03. The fourth-order valence-electron chi connectivity index (χ4n) is 2.42. The second kappa shape index (κ2) is 6.87. The van der Waals surface area contributed by atoms with Gasteiger partial charge in [0.25, 0.3) is 10.0 Å². The number of thiophene rings is 1. The van der Waals surface area contributed by atoms with E-state index >= 15 is 0 Å². The number of ether oxygens (including phenoxy) is 1. The molecule has 1 aromatic heterocycles. The molecule has 0 saturated carbocycles. The molecule has 1 fully saturated rings. The molecule has 6 nitrogen and oxygen atoms in total. The summed E-state index contributed by atoms with van der Waals surface area (Å²) in [7, 11) is -1.85. The summed E-state index contributed by atoms with van der Waals surface area (Å²) in [4.78, 5) is 11.2. The zero-order chi connectivity index (χ0) is 15.5. The summed E-state index contributed by atoms with van der Waals surface area (Å²) in [5.41, 5.74) is 0. The van der Waals surface area contributed by atoms with Crippen molar-refractivity contribution in [1.82, 2.24) is 4.31 Å². The Balaban J connectivity index is 2.05. The third-order valence-electron chi connectivity index (χ3n) is 3.53. The SMILES string of the molecule is COCC1CCN(S(=O)(=O)c2ccc(CC(=O)O)s2)CC1. The van der Waals surface area contributed by atoms with Gasteiger partial charge in [0.15, 0.2) is 0 Å². The topological polar surface area (TPSA) is 83.9 Å². The minimum Gasteiger partial charge on any atom is -0.481 e. The lowest BCUT2D eigenvalue weighted by molar-refractivity contribution is -0.136. The zero-order valence-corrected chi connectivity index (χ0v) is 13.5. The fourth-order valence-corrected chi connectivity index (χ4v) is 5.39. The average molecular weight is 333 g/mol. The Morgan fingerprint density at radius 3 is 2.67 bits per heavy atom. The molecule has 0 aromatic carbocycles. The van der Waals surface area contributed by atoms with Crippen molar-refractivity contribution < 1.29 is 23.1 Å². The number of carboxylic acids is 1. The van der Waals surface area contributed by atoms with Gasteiger partial charge in [-0.3, -0.25) is 4.79 Å². The van der Waals surface area contributed by atoms with Crippen LogP contribution in [0.2, 0.25) is 0 Å². The Bertz CT molecular complexity index is 587. The van der Waals surface area contributed by atoms with Gasteiger partial charge in [-0.1, -0.05) is 0 Å². The highest BCUT2D eigenvalue weighted by molar-refractivity contribution is 7.91. The van der Waals surface area contributed by atoms with Crippen LogP contribution in [0.5, 0.6) is 0 Å². The van der Waals surface area contributed by atoms with Crippen LogP contribution < -0.4 is 0 Å². The Morgan fingerprint density at radius 1 is 1.43 bits per heavy atom. The number of nitrogens with zero attached hydrogens (tertiary/aromatic N) is 1. The van der Waals surface area contributed by atoms with E-state index in [0.29, 0.717) is 30.5 Å². The molecule has 1 aliphatic rings. The van der Waals surface area contributed by atoms with Crippen molar-refractivity contribution in [3.05, 3.63) is 17.0 Å². The Morgan fingerprint density at radius 2 is 2.10 bits per heavy atom. The minimum absolute atomic E-state index is 0.143. The second-order valence-electron chi connectivity index (χ2n) is 5.09. The number of aliphatic carboxylic acids is 1. The first-order valence-corrected chi connectivity index (χ1v) is 8.98. The van der Waals surface area contributed by atoms with Crippen LogP contribution >= 0.6 is 11.3 Å². The molecule has 1 saturated heterocycles. The normalized spacial score (nSPS) is 18.0. The predicted octanol–water partition coefficient (Wildman–Crippen LogP) is 1.42. The molecule has 2 rings (SSSR count). The maximum Gasteiger partial charge on any atom is 0.308 e. The number of carboxylic acid groups (broad SMARTS) is 1. The van der Waals surface area contributed by atoms with Crippen molar-refractivity contribution in [1.29, 1.82) is 0 Å². The number of carbonyl (C=O) groups is 1. The molecule has 0 amide bonds. The number of methoxy groups -OCH3 is 1. The largest absolute Gasteiger partial charge is 0.481 e. The summed E-state index contributed by atoms with van der Waals surface area (Å²) in [6, 6.07) is 3.07. The Kier molecular flexibility index (Phi) is 5.37. The molecule has 21 heavy (non-hydrogen) atoms. The van der Waals surface area contributed by atoms with E-state index in [1.807, 2.05) is 0 Å². The molecule has 0 unspecified atom stereocenters. The first-order valence-electron chi connectivity index (χ1n) is 6.73. The predicted molar refractivity (Wildman–Crippen MR) is 79.0 cm³/mol. The average Bonchev–Trinajstić information content (AvgIpc) is 2.88. The van der Waals surface area contributed by atoms with E-state index in [4.69, 9.17) is 9.84 Å². The van der Waals surface area contributed by atoms with Gasteiger partial charge in [-0.15, -0.1) is 11.3 Å². The van der Waals surface area contributed by atoms with E-state index in [0.717, 1.165) is 24.2 Å². The molecule has 1 aromatic rings. The van der Waals surface area contributed by atoms with Gasteiger partial charge >= 0.3 is 5.97 Å². The van der Waals surface area contributed by atoms with Crippen LogP contribution in [0.15, 0.2) is 16.3 Å². The molecule has 2 heterocycles. The van der Waals surface area contributed by atoms with Gasteiger partial charge in [-0.25, -0.2) is 8.42 Å². The van der Waals surface area contributed by atoms with Crippen molar-refractivity contribution in [2.45, 2.75) is 23.5 Å². The second-order valence-corrected chi connectivity index (χ2v) is 8.43. The number of hydrogen-bond acceptors (Lipinski definition) is 5. The third-order valence-corrected chi connectivity index (χ3v) is 6.98. The van der Waals surface area contributed by atoms with Crippen molar-refractivity contribution in [2.75, 3.05) is 26.8 Å². The van der Waals surface area contributed by atoms with Crippen molar-refractivity contribution in [3.8, 4) is 0 Å². The van der Waals surface area contributed by atoms with Gasteiger partial charge in [-0.2, -0.15) is 4.31 Å². The summed E-state index contributed by atoms with van der Waals surface area (Å²) < 4.78 is 31.8. The summed E-state index contributed by atoms with van der Waals surface area (Å²) in [6.45, 7) is 1.64. The van der Waals surface area contributed by atoms with Crippen LogP contribution in [0, 0.1) is 5.92 Å². The van der Waals surface area contributed by atoms with Crippen LogP contribution in [-0.2, 0) is 26.0 Å². The molecule has 8 heteroatoms.